The van der Waals surface area contributed by atoms with E-state index in [2.05, 4.69) is 26.3 Å². The number of amides is 2. The summed E-state index contributed by atoms with van der Waals surface area (Å²) >= 11 is 5.89. The number of aromatic nitrogens is 2. The van der Waals surface area contributed by atoms with E-state index in [4.69, 9.17) is 21.4 Å². The Balaban J connectivity index is 1.29. The molecule has 1 unspecified atom stereocenters. The van der Waals surface area contributed by atoms with E-state index in [-0.39, 0.29) is 6.03 Å². The van der Waals surface area contributed by atoms with Crippen LogP contribution in [0.15, 0.2) is 83.9 Å². The van der Waals surface area contributed by atoms with Crippen LogP contribution < -0.4 is 21.3 Å². The first-order valence-corrected chi connectivity index (χ1v) is 14.6. The molecule has 11 heteroatoms. The van der Waals surface area contributed by atoms with Gasteiger partial charge in [0.2, 0.25) is 5.95 Å². The molecule has 0 aliphatic carbocycles. The number of nitrogens with zero attached hydrogens (tertiary/aromatic N) is 2. The number of carbonyl (C=O) groups is 1. The van der Waals surface area contributed by atoms with Crippen molar-refractivity contribution in [3.8, 4) is 11.1 Å². The van der Waals surface area contributed by atoms with Gasteiger partial charge in [-0.1, -0.05) is 41.9 Å². The Morgan fingerprint density at radius 1 is 1.05 bits per heavy atom. The zero-order chi connectivity index (χ0) is 27.2. The Kier molecular flexibility index (Phi) is 7.94. The van der Waals surface area contributed by atoms with Crippen LogP contribution in [0, 0.1) is 4.78 Å². The number of urea groups is 1. The van der Waals surface area contributed by atoms with Gasteiger partial charge in [0, 0.05) is 51.9 Å². The van der Waals surface area contributed by atoms with Gasteiger partial charge >= 0.3 is 6.03 Å². The number of anilines is 4. The number of halogens is 1. The van der Waals surface area contributed by atoms with Gasteiger partial charge in [-0.15, -0.1) is 0 Å². The van der Waals surface area contributed by atoms with Crippen molar-refractivity contribution in [2.24, 2.45) is 0 Å². The maximum Gasteiger partial charge on any atom is 0.319 e. The van der Waals surface area contributed by atoms with Crippen molar-refractivity contribution in [2.75, 3.05) is 28.2 Å². The molecule has 3 aromatic carbocycles. The number of benzene rings is 3. The van der Waals surface area contributed by atoms with Crippen molar-refractivity contribution in [1.82, 2.24) is 15.3 Å². The molecule has 1 atom stereocenters. The molecule has 0 fully saturated rings. The summed E-state index contributed by atoms with van der Waals surface area (Å²) in [7, 11) is -2.86. The van der Waals surface area contributed by atoms with Crippen LogP contribution in [0.25, 0.3) is 11.1 Å². The number of nitrogens with one attached hydrogen (secondary N) is 5. The molecule has 1 aromatic heterocycles. The normalized spacial score (nSPS) is 16.8. The maximum atomic E-state index is 12.9. The summed E-state index contributed by atoms with van der Waals surface area (Å²) in [4.78, 5) is 22.0. The minimum Gasteiger partial charge on any atom is -0.369 e. The van der Waals surface area contributed by atoms with Gasteiger partial charge in [0.05, 0.1) is 9.73 Å². The molecule has 39 heavy (non-hydrogen) atoms. The third kappa shape index (κ3) is 6.84. The Labute approximate surface area is 232 Å². The second-order valence-corrected chi connectivity index (χ2v) is 11.8. The zero-order valence-electron chi connectivity index (χ0n) is 21.0. The quantitative estimate of drug-likeness (QED) is 0.194. The lowest BCUT2D eigenvalue weighted by Gasteiger charge is -2.14. The van der Waals surface area contributed by atoms with Crippen molar-refractivity contribution < 1.29 is 9.00 Å². The van der Waals surface area contributed by atoms with Crippen LogP contribution in [0.5, 0.6) is 0 Å². The molecule has 5 rings (SSSR count). The summed E-state index contributed by atoms with van der Waals surface area (Å²) in [5.41, 5.74) is 4.05. The van der Waals surface area contributed by atoms with Gasteiger partial charge in [0.1, 0.15) is 5.82 Å². The fourth-order valence-electron chi connectivity index (χ4n) is 4.14. The van der Waals surface area contributed by atoms with E-state index >= 15 is 0 Å². The molecule has 1 aliphatic heterocycles. The first kappa shape index (κ1) is 26.5. The molecule has 9 nitrogen and oxygen atoms in total. The molecular formula is C28H28ClN7O2S. The van der Waals surface area contributed by atoms with Gasteiger partial charge in [-0.25, -0.2) is 18.8 Å². The maximum absolute atomic E-state index is 12.9. The molecule has 2 amide bonds. The van der Waals surface area contributed by atoms with Crippen molar-refractivity contribution in [3.05, 3.63) is 89.6 Å². The number of hydrogen-bond donors (Lipinski definition) is 5. The van der Waals surface area contributed by atoms with Gasteiger partial charge in [0.15, 0.2) is 0 Å². The van der Waals surface area contributed by atoms with E-state index in [0.29, 0.717) is 58.3 Å². The second kappa shape index (κ2) is 11.7. The first-order chi connectivity index (χ1) is 18.9. The summed E-state index contributed by atoms with van der Waals surface area (Å²) in [6.45, 7) is 0.990. The van der Waals surface area contributed by atoms with Crippen molar-refractivity contribution in [2.45, 2.75) is 24.3 Å². The van der Waals surface area contributed by atoms with E-state index in [9.17, 15) is 9.00 Å². The van der Waals surface area contributed by atoms with E-state index in [0.717, 1.165) is 23.1 Å². The first-order valence-electron chi connectivity index (χ1n) is 12.5. The molecule has 4 aromatic rings. The highest BCUT2D eigenvalue weighted by atomic mass is 35.5. The van der Waals surface area contributed by atoms with Gasteiger partial charge in [-0.2, -0.15) is 4.98 Å². The van der Waals surface area contributed by atoms with E-state index in [1.807, 2.05) is 30.3 Å². The van der Waals surface area contributed by atoms with Crippen molar-refractivity contribution >= 4 is 50.5 Å². The zero-order valence-corrected chi connectivity index (χ0v) is 22.6. The molecule has 2 heterocycles. The molecular weight excluding hydrogens is 534 g/mol. The molecule has 4 bridgehead atoms. The summed E-state index contributed by atoms with van der Waals surface area (Å²) in [6.07, 6.45) is 3.18. The van der Waals surface area contributed by atoms with Gasteiger partial charge < -0.3 is 21.3 Å². The predicted molar refractivity (Wildman–Crippen MR) is 156 cm³/mol. The minimum atomic E-state index is -2.86. The van der Waals surface area contributed by atoms with Crippen LogP contribution in [0.4, 0.5) is 27.9 Å². The average Bonchev–Trinajstić information content (AvgIpc) is 2.94. The summed E-state index contributed by atoms with van der Waals surface area (Å²) in [5, 5.41) is 12.8. The molecule has 5 N–H and O–H groups in total. The third-order valence-corrected chi connectivity index (χ3v) is 8.36. The van der Waals surface area contributed by atoms with Crippen LogP contribution in [0.2, 0.25) is 5.02 Å². The Morgan fingerprint density at radius 3 is 2.64 bits per heavy atom. The Morgan fingerprint density at radius 2 is 1.85 bits per heavy atom. The molecule has 1 aliphatic rings. The highest BCUT2D eigenvalue weighted by Crippen LogP contribution is 2.29. The van der Waals surface area contributed by atoms with Crippen LogP contribution in [-0.2, 0) is 16.3 Å². The van der Waals surface area contributed by atoms with Gasteiger partial charge in [-0.05, 0) is 66.4 Å². The average molecular weight is 562 g/mol. The van der Waals surface area contributed by atoms with Crippen molar-refractivity contribution in [3.63, 3.8) is 0 Å². The van der Waals surface area contributed by atoms with Crippen LogP contribution in [0.1, 0.15) is 18.4 Å². The van der Waals surface area contributed by atoms with Crippen LogP contribution in [-0.4, -0.2) is 32.5 Å². The minimum absolute atomic E-state index is 0.305. The van der Waals surface area contributed by atoms with Crippen LogP contribution >= 0.6 is 11.6 Å². The number of hydrogen-bond acceptors (Lipinski definition) is 7. The lowest BCUT2D eigenvalue weighted by Crippen LogP contribution is -2.28. The summed E-state index contributed by atoms with van der Waals surface area (Å²) < 4.78 is 21.3. The van der Waals surface area contributed by atoms with Gasteiger partial charge in [0.25, 0.3) is 0 Å². The molecule has 0 radical (unpaired) electrons. The van der Waals surface area contributed by atoms with Crippen molar-refractivity contribution in [1.29, 1.82) is 4.78 Å². The van der Waals surface area contributed by atoms with Gasteiger partial charge in [-0.3, -0.25) is 0 Å². The van der Waals surface area contributed by atoms with E-state index < -0.39 is 9.73 Å². The highest BCUT2D eigenvalue weighted by Gasteiger charge is 2.14. The monoisotopic (exact) mass is 561 g/mol. The topological polar surface area (TPSA) is 132 Å². The molecule has 0 spiro atoms. The Hall–Kier alpha value is -4.15. The fraction of sp³-hybridized carbons (Fsp3) is 0.179. The Bertz CT molecular complexity index is 1580. The summed E-state index contributed by atoms with van der Waals surface area (Å²) in [5.74, 6) is 1.39. The fourth-order valence-corrected chi connectivity index (χ4v) is 5.73. The molecule has 0 saturated carbocycles. The lowest BCUT2D eigenvalue weighted by atomic mass is 10.1. The molecule has 200 valence electrons. The SMILES string of the molecule is N=S1(=O)CCCCNc2nc(ncc2-c2ccc(CNC(=O)Nc3ccc(Cl)cc3)cc2)Nc2cccc1c2. The van der Waals surface area contributed by atoms with E-state index in [1.165, 1.54) is 0 Å². The highest BCUT2D eigenvalue weighted by molar-refractivity contribution is 7.92. The smallest absolute Gasteiger partial charge is 0.319 e. The second-order valence-electron chi connectivity index (χ2n) is 9.13. The number of rotatable bonds is 4. The van der Waals surface area contributed by atoms with Crippen LogP contribution in [0.3, 0.4) is 0 Å². The summed E-state index contributed by atoms with van der Waals surface area (Å²) in [6, 6.07) is 21.5. The number of carbonyl (C=O) groups excluding carboxylic acids is 1. The van der Waals surface area contributed by atoms with E-state index in [1.54, 1.807) is 48.7 Å². The lowest BCUT2D eigenvalue weighted by molar-refractivity contribution is 0.251. The molecule has 0 saturated heterocycles. The largest absolute Gasteiger partial charge is 0.369 e. The predicted octanol–water partition coefficient (Wildman–Crippen LogP) is 6.47. The standard InChI is InChI=1S/C28H28ClN7O2S/c29-21-10-12-22(13-11-21)35-28(37)33-17-19-6-8-20(9-7-19)25-18-32-27-34-23-4-3-5-24(16-23)39(30,38)15-2-1-14-31-26(25)36-27/h3-13,16,18,30H,1-2,14-15,17H2,(H2,33,35,37)(H2,31,32,34,36). The third-order valence-electron chi connectivity index (χ3n) is 6.23. The number of fused-ring (bicyclic) bond motifs is 4.